The average molecular weight is 352 g/mol. The van der Waals surface area contributed by atoms with Crippen LogP contribution in [0.25, 0.3) is 0 Å². The summed E-state index contributed by atoms with van der Waals surface area (Å²) in [5.74, 6) is 0.372. The molecular formula is C18H19ClFNO3. The maximum atomic E-state index is 13.1. The number of nitrogens with one attached hydrogen (secondary N) is 1. The molecule has 6 heteroatoms. The number of rotatable bonds is 7. The summed E-state index contributed by atoms with van der Waals surface area (Å²) in [6.07, 6.45) is 0. The number of hydrogen-bond acceptors (Lipinski definition) is 3. The summed E-state index contributed by atoms with van der Waals surface area (Å²) in [5, 5.41) is 2.80. The first-order valence-electron chi connectivity index (χ1n) is 7.67. The van der Waals surface area contributed by atoms with E-state index in [1.807, 2.05) is 13.8 Å². The second-order valence-corrected chi connectivity index (χ2v) is 5.37. The lowest BCUT2D eigenvalue weighted by Crippen LogP contribution is -2.22. The number of benzene rings is 2. The summed E-state index contributed by atoms with van der Waals surface area (Å²) in [6, 6.07) is 9.35. The number of hydrogen-bond donors (Lipinski definition) is 1. The lowest BCUT2D eigenvalue weighted by molar-refractivity contribution is 0.0950. The molecule has 0 radical (unpaired) electrons. The number of halogens is 2. The zero-order valence-corrected chi connectivity index (χ0v) is 14.3. The molecule has 2 aromatic carbocycles. The van der Waals surface area contributed by atoms with Gasteiger partial charge in [-0.1, -0.05) is 17.7 Å². The van der Waals surface area contributed by atoms with Gasteiger partial charge >= 0.3 is 0 Å². The Bertz CT molecular complexity index is 721. The van der Waals surface area contributed by atoms with Gasteiger partial charge in [0.2, 0.25) is 0 Å². The molecule has 4 nitrogen and oxygen atoms in total. The van der Waals surface area contributed by atoms with E-state index in [-0.39, 0.29) is 17.5 Å². The van der Waals surface area contributed by atoms with Gasteiger partial charge in [-0.2, -0.15) is 0 Å². The van der Waals surface area contributed by atoms with Crippen molar-refractivity contribution in [1.29, 1.82) is 0 Å². The van der Waals surface area contributed by atoms with Crippen molar-refractivity contribution in [2.45, 2.75) is 20.4 Å². The molecule has 0 aromatic heterocycles. The van der Waals surface area contributed by atoms with E-state index in [4.69, 9.17) is 21.1 Å². The maximum Gasteiger partial charge on any atom is 0.251 e. The van der Waals surface area contributed by atoms with Gasteiger partial charge in [0.05, 0.1) is 18.2 Å². The number of amides is 1. The highest BCUT2D eigenvalue weighted by Crippen LogP contribution is 2.28. The molecule has 0 aliphatic heterocycles. The molecule has 0 aliphatic rings. The highest BCUT2D eigenvalue weighted by Gasteiger charge is 2.11. The highest BCUT2D eigenvalue weighted by atomic mass is 35.5. The lowest BCUT2D eigenvalue weighted by atomic mass is 10.1. The molecular weight excluding hydrogens is 333 g/mol. The third kappa shape index (κ3) is 4.61. The fraction of sp³-hybridized carbons (Fsp3) is 0.278. The Morgan fingerprint density at radius 2 is 1.79 bits per heavy atom. The highest BCUT2D eigenvalue weighted by molar-refractivity contribution is 6.30. The zero-order valence-electron chi connectivity index (χ0n) is 13.6. The minimum Gasteiger partial charge on any atom is -0.490 e. The largest absolute Gasteiger partial charge is 0.490 e. The summed E-state index contributed by atoms with van der Waals surface area (Å²) >= 11 is 5.73. The molecule has 24 heavy (non-hydrogen) atoms. The van der Waals surface area contributed by atoms with Crippen LogP contribution in [0.4, 0.5) is 4.39 Å². The molecule has 0 spiro atoms. The Labute approximate surface area is 145 Å². The molecule has 0 fully saturated rings. The first-order valence-corrected chi connectivity index (χ1v) is 8.04. The summed E-state index contributed by atoms with van der Waals surface area (Å²) in [4.78, 5) is 12.3. The molecule has 0 atom stereocenters. The van der Waals surface area contributed by atoms with Crippen LogP contribution >= 0.6 is 11.6 Å². The van der Waals surface area contributed by atoms with Crippen LogP contribution in [0, 0.1) is 5.82 Å². The van der Waals surface area contributed by atoms with E-state index in [1.54, 1.807) is 24.3 Å². The fourth-order valence-corrected chi connectivity index (χ4v) is 2.33. The van der Waals surface area contributed by atoms with Crippen LogP contribution in [0.1, 0.15) is 29.8 Å². The van der Waals surface area contributed by atoms with Crippen LogP contribution in [-0.4, -0.2) is 19.1 Å². The van der Waals surface area contributed by atoms with Crippen LogP contribution in [0.3, 0.4) is 0 Å². The minimum absolute atomic E-state index is 0.0291. The molecule has 0 saturated heterocycles. The summed E-state index contributed by atoms with van der Waals surface area (Å²) in [7, 11) is 0. The van der Waals surface area contributed by atoms with Crippen molar-refractivity contribution in [3.8, 4) is 11.5 Å². The van der Waals surface area contributed by atoms with Gasteiger partial charge in [0, 0.05) is 12.1 Å². The molecule has 1 N–H and O–H groups in total. The van der Waals surface area contributed by atoms with Gasteiger partial charge in [0.25, 0.3) is 5.91 Å². The van der Waals surface area contributed by atoms with Crippen LogP contribution in [0.5, 0.6) is 11.5 Å². The Kier molecular flexibility index (Phi) is 6.44. The molecule has 2 aromatic rings. The summed E-state index contributed by atoms with van der Waals surface area (Å²) in [6.45, 7) is 4.97. The molecule has 0 aliphatic carbocycles. The van der Waals surface area contributed by atoms with Gasteiger partial charge in [0.1, 0.15) is 5.82 Å². The van der Waals surface area contributed by atoms with Crippen molar-refractivity contribution in [3.05, 3.63) is 58.4 Å². The average Bonchev–Trinajstić information content (AvgIpc) is 2.57. The first-order chi connectivity index (χ1) is 11.5. The maximum absolute atomic E-state index is 13.1. The molecule has 128 valence electrons. The minimum atomic E-state index is -0.486. The number of carbonyl (C=O) groups is 1. The molecule has 1 amide bonds. The normalized spacial score (nSPS) is 10.3. The van der Waals surface area contributed by atoms with Crippen molar-refractivity contribution in [1.82, 2.24) is 5.32 Å². The van der Waals surface area contributed by atoms with Gasteiger partial charge in [-0.3, -0.25) is 4.79 Å². The molecule has 0 heterocycles. The summed E-state index contributed by atoms with van der Waals surface area (Å²) < 4.78 is 24.1. The predicted octanol–water partition coefficient (Wildman–Crippen LogP) is 4.21. The van der Waals surface area contributed by atoms with Crippen molar-refractivity contribution in [2.75, 3.05) is 13.2 Å². The first kappa shape index (κ1) is 18.1. The van der Waals surface area contributed by atoms with Gasteiger partial charge < -0.3 is 14.8 Å². The zero-order chi connectivity index (χ0) is 17.5. The third-order valence-electron chi connectivity index (χ3n) is 3.24. The Morgan fingerprint density at radius 1 is 1.08 bits per heavy atom. The topological polar surface area (TPSA) is 47.6 Å². The SMILES string of the molecule is CCOc1ccc(C(=O)NCc2ccc(F)c(Cl)c2)cc1OCC. The van der Waals surface area contributed by atoms with Crippen molar-refractivity contribution in [2.24, 2.45) is 0 Å². The number of ether oxygens (including phenoxy) is 2. The van der Waals surface area contributed by atoms with E-state index in [0.29, 0.717) is 35.8 Å². The standard InChI is InChI=1S/C18H19ClFNO3/c1-3-23-16-8-6-13(10-17(16)24-4-2)18(22)21-11-12-5-7-15(20)14(19)9-12/h5-10H,3-4,11H2,1-2H3,(H,21,22). The Balaban J connectivity index is 2.08. The van der Waals surface area contributed by atoms with E-state index in [2.05, 4.69) is 5.32 Å². The summed E-state index contributed by atoms with van der Waals surface area (Å²) in [5.41, 5.74) is 1.17. The smallest absolute Gasteiger partial charge is 0.251 e. The van der Waals surface area contributed by atoms with E-state index < -0.39 is 5.82 Å². The second kappa shape index (κ2) is 8.55. The third-order valence-corrected chi connectivity index (χ3v) is 3.53. The van der Waals surface area contributed by atoms with E-state index in [9.17, 15) is 9.18 Å². The molecule has 0 saturated carbocycles. The monoisotopic (exact) mass is 351 g/mol. The van der Waals surface area contributed by atoms with Crippen LogP contribution < -0.4 is 14.8 Å². The molecule has 0 unspecified atom stereocenters. The fourth-order valence-electron chi connectivity index (χ4n) is 2.13. The van der Waals surface area contributed by atoms with Crippen molar-refractivity contribution >= 4 is 17.5 Å². The van der Waals surface area contributed by atoms with Gasteiger partial charge in [-0.25, -0.2) is 4.39 Å². The van der Waals surface area contributed by atoms with Crippen LogP contribution in [0.2, 0.25) is 5.02 Å². The quantitative estimate of drug-likeness (QED) is 0.813. The van der Waals surface area contributed by atoms with Gasteiger partial charge in [-0.05, 0) is 49.7 Å². The van der Waals surface area contributed by atoms with Gasteiger partial charge in [0.15, 0.2) is 11.5 Å². The van der Waals surface area contributed by atoms with Crippen molar-refractivity contribution < 1.29 is 18.7 Å². The van der Waals surface area contributed by atoms with Crippen LogP contribution in [0.15, 0.2) is 36.4 Å². The van der Waals surface area contributed by atoms with Crippen LogP contribution in [-0.2, 0) is 6.54 Å². The Morgan fingerprint density at radius 3 is 2.46 bits per heavy atom. The molecule has 0 bridgehead atoms. The Hall–Kier alpha value is -2.27. The predicted molar refractivity (Wildman–Crippen MR) is 91.4 cm³/mol. The molecule has 2 rings (SSSR count). The van der Waals surface area contributed by atoms with Gasteiger partial charge in [-0.15, -0.1) is 0 Å². The van der Waals surface area contributed by atoms with E-state index in [0.717, 1.165) is 0 Å². The lowest BCUT2D eigenvalue weighted by Gasteiger charge is -2.12. The second-order valence-electron chi connectivity index (χ2n) is 4.96. The number of carbonyl (C=O) groups excluding carboxylic acids is 1. The van der Waals surface area contributed by atoms with Crippen molar-refractivity contribution in [3.63, 3.8) is 0 Å². The van der Waals surface area contributed by atoms with E-state index in [1.165, 1.54) is 12.1 Å². The van der Waals surface area contributed by atoms with E-state index >= 15 is 0 Å².